The summed E-state index contributed by atoms with van der Waals surface area (Å²) in [7, 11) is 0. The van der Waals surface area contributed by atoms with Crippen LogP contribution >= 0.6 is 23.2 Å². The maximum Gasteiger partial charge on any atom is 0.282 e. The Morgan fingerprint density at radius 2 is 1.76 bits per heavy atom. The Hall–Kier alpha value is -4.99. The molecule has 0 fully saturated rings. The van der Waals surface area contributed by atoms with Crippen LogP contribution < -0.4 is 15.6 Å². The van der Waals surface area contributed by atoms with Gasteiger partial charge in [0.25, 0.3) is 11.5 Å². The van der Waals surface area contributed by atoms with Gasteiger partial charge in [-0.1, -0.05) is 35.3 Å². The van der Waals surface area contributed by atoms with E-state index >= 15 is 0 Å². The second kappa shape index (κ2) is 11.5. The summed E-state index contributed by atoms with van der Waals surface area (Å²) >= 11 is 12.4. The number of aromatic nitrogens is 2. The predicted molar refractivity (Wildman–Crippen MR) is 161 cm³/mol. The van der Waals surface area contributed by atoms with Crippen molar-refractivity contribution in [2.75, 3.05) is 11.9 Å². The SMILES string of the molecule is O=C(COc1ccc(Cl)cc1C=Nn1c(-c2cc3cc(Cl)ccc3o2)nc2ccccc2c1=O)Nc1ccc(F)cc1. The van der Waals surface area contributed by atoms with E-state index in [1.54, 1.807) is 66.7 Å². The van der Waals surface area contributed by atoms with Crippen molar-refractivity contribution in [3.8, 4) is 17.3 Å². The molecule has 0 aliphatic heterocycles. The largest absolute Gasteiger partial charge is 0.483 e. The van der Waals surface area contributed by atoms with Crippen molar-refractivity contribution in [1.29, 1.82) is 0 Å². The van der Waals surface area contributed by atoms with E-state index in [4.69, 9.17) is 32.4 Å². The Balaban J connectivity index is 1.35. The molecule has 0 bridgehead atoms. The zero-order valence-electron chi connectivity index (χ0n) is 21.6. The fourth-order valence-corrected chi connectivity index (χ4v) is 4.62. The topological polar surface area (TPSA) is 98.7 Å². The fraction of sp³-hybridized carbons (Fsp3) is 0.0323. The lowest BCUT2D eigenvalue weighted by Crippen LogP contribution is -2.21. The number of hydrogen-bond donors (Lipinski definition) is 1. The monoisotopic (exact) mass is 600 g/mol. The van der Waals surface area contributed by atoms with Crippen molar-refractivity contribution in [3.63, 3.8) is 0 Å². The Labute approximate surface area is 247 Å². The number of halogens is 3. The highest BCUT2D eigenvalue weighted by atomic mass is 35.5. The van der Waals surface area contributed by atoms with Crippen LogP contribution in [0.15, 0.2) is 105 Å². The lowest BCUT2D eigenvalue weighted by Gasteiger charge is -2.11. The van der Waals surface area contributed by atoms with Crippen LogP contribution in [0.3, 0.4) is 0 Å². The molecule has 0 radical (unpaired) electrons. The number of amides is 1. The molecule has 42 heavy (non-hydrogen) atoms. The van der Waals surface area contributed by atoms with Crippen molar-refractivity contribution in [2.24, 2.45) is 5.10 Å². The highest BCUT2D eigenvalue weighted by molar-refractivity contribution is 6.31. The minimum Gasteiger partial charge on any atom is -0.483 e. The first-order chi connectivity index (χ1) is 20.3. The molecule has 0 unspecified atom stereocenters. The van der Waals surface area contributed by atoms with E-state index in [2.05, 4.69) is 15.4 Å². The summed E-state index contributed by atoms with van der Waals surface area (Å²) in [4.78, 5) is 30.7. The van der Waals surface area contributed by atoms with Gasteiger partial charge in [0.15, 0.2) is 12.4 Å². The normalized spacial score (nSPS) is 11.4. The average molecular weight is 601 g/mol. The van der Waals surface area contributed by atoms with E-state index in [1.807, 2.05) is 0 Å². The van der Waals surface area contributed by atoms with E-state index in [-0.39, 0.29) is 12.4 Å². The van der Waals surface area contributed by atoms with Crippen LogP contribution in [0.2, 0.25) is 10.0 Å². The lowest BCUT2D eigenvalue weighted by molar-refractivity contribution is -0.118. The van der Waals surface area contributed by atoms with Crippen LogP contribution in [-0.2, 0) is 4.79 Å². The van der Waals surface area contributed by atoms with Gasteiger partial charge in [-0.15, -0.1) is 0 Å². The number of carbonyl (C=O) groups excluding carboxylic acids is 1. The number of anilines is 1. The van der Waals surface area contributed by atoms with Gasteiger partial charge >= 0.3 is 0 Å². The van der Waals surface area contributed by atoms with Crippen LogP contribution in [0.5, 0.6) is 5.75 Å². The third kappa shape index (κ3) is 5.74. The lowest BCUT2D eigenvalue weighted by atomic mass is 10.2. The highest BCUT2D eigenvalue weighted by Gasteiger charge is 2.17. The molecule has 0 aliphatic rings. The van der Waals surface area contributed by atoms with Crippen LogP contribution in [0.4, 0.5) is 10.1 Å². The summed E-state index contributed by atoms with van der Waals surface area (Å²) < 4.78 is 26.0. The molecule has 0 spiro atoms. The molecule has 6 aromatic rings. The smallest absolute Gasteiger partial charge is 0.282 e. The minimum absolute atomic E-state index is 0.172. The molecule has 8 nitrogen and oxygen atoms in total. The maximum atomic E-state index is 13.6. The molecular weight excluding hydrogens is 582 g/mol. The number of carbonyl (C=O) groups is 1. The van der Waals surface area contributed by atoms with E-state index in [1.165, 1.54) is 30.5 Å². The van der Waals surface area contributed by atoms with Gasteiger partial charge in [0.1, 0.15) is 17.1 Å². The summed E-state index contributed by atoms with van der Waals surface area (Å²) in [6.45, 7) is -0.343. The molecule has 1 amide bonds. The summed E-state index contributed by atoms with van der Waals surface area (Å²) in [6.07, 6.45) is 1.39. The van der Waals surface area contributed by atoms with E-state index in [0.29, 0.717) is 49.3 Å². The molecule has 2 aromatic heterocycles. The van der Waals surface area contributed by atoms with Gasteiger partial charge in [-0.3, -0.25) is 9.59 Å². The summed E-state index contributed by atoms with van der Waals surface area (Å²) in [5, 5.41) is 9.10. The molecule has 1 N–H and O–H groups in total. The second-order valence-corrected chi connectivity index (χ2v) is 10.0. The third-order valence-electron chi connectivity index (χ3n) is 6.22. The minimum atomic E-state index is -0.457. The molecule has 4 aromatic carbocycles. The first kappa shape index (κ1) is 27.2. The number of ether oxygens (including phenoxy) is 1. The van der Waals surface area contributed by atoms with Crippen LogP contribution in [0.1, 0.15) is 5.56 Å². The average Bonchev–Trinajstić information content (AvgIpc) is 3.40. The van der Waals surface area contributed by atoms with Crippen molar-refractivity contribution < 1.29 is 18.3 Å². The molecular formula is C31H19Cl2FN4O4. The van der Waals surface area contributed by atoms with Crippen molar-refractivity contribution in [3.05, 3.63) is 123 Å². The Morgan fingerprint density at radius 3 is 2.60 bits per heavy atom. The number of nitrogens with zero attached hydrogens (tertiary/aromatic N) is 3. The van der Waals surface area contributed by atoms with Gasteiger partial charge in [0.2, 0.25) is 5.82 Å². The van der Waals surface area contributed by atoms with Gasteiger partial charge in [-0.2, -0.15) is 9.78 Å². The van der Waals surface area contributed by atoms with Gasteiger partial charge in [0, 0.05) is 26.7 Å². The number of para-hydroxylation sites is 1. The number of furan rings is 1. The molecule has 0 saturated carbocycles. The van der Waals surface area contributed by atoms with Crippen molar-refractivity contribution >= 4 is 62.9 Å². The van der Waals surface area contributed by atoms with E-state index in [0.717, 1.165) is 10.1 Å². The number of benzene rings is 4. The molecule has 0 saturated heterocycles. The predicted octanol–water partition coefficient (Wildman–Crippen LogP) is 7.16. The first-order valence-corrected chi connectivity index (χ1v) is 13.3. The van der Waals surface area contributed by atoms with E-state index < -0.39 is 17.3 Å². The maximum absolute atomic E-state index is 13.6. The molecule has 2 heterocycles. The Morgan fingerprint density at radius 1 is 1.00 bits per heavy atom. The van der Waals surface area contributed by atoms with Gasteiger partial charge in [-0.05, 0) is 78.9 Å². The highest BCUT2D eigenvalue weighted by Crippen LogP contribution is 2.29. The molecule has 6 rings (SSSR count). The second-order valence-electron chi connectivity index (χ2n) is 9.13. The number of hydrogen-bond acceptors (Lipinski definition) is 6. The van der Waals surface area contributed by atoms with Gasteiger partial charge < -0.3 is 14.5 Å². The number of fused-ring (bicyclic) bond motifs is 2. The zero-order chi connectivity index (χ0) is 29.2. The molecule has 0 aliphatic carbocycles. The van der Waals surface area contributed by atoms with Crippen LogP contribution in [-0.4, -0.2) is 28.4 Å². The molecule has 11 heteroatoms. The van der Waals surface area contributed by atoms with Gasteiger partial charge in [-0.25, -0.2) is 9.37 Å². The zero-order valence-corrected chi connectivity index (χ0v) is 23.1. The third-order valence-corrected chi connectivity index (χ3v) is 6.69. The molecule has 0 atom stereocenters. The summed E-state index contributed by atoms with van der Waals surface area (Å²) in [6, 6.07) is 24.0. The summed E-state index contributed by atoms with van der Waals surface area (Å²) in [5.74, 6) is -0.0958. The van der Waals surface area contributed by atoms with Gasteiger partial charge in [0.05, 0.1) is 17.1 Å². The standard InChI is InChI=1S/C31H19Cl2FN4O4/c32-20-6-12-27-18(13-20)15-28(42-27)30-37-25-4-2-1-3-24(25)31(40)38(30)35-16-19-14-21(33)5-11-26(19)41-17-29(39)36-23-9-7-22(34)8-10-23/h1-16H,17H2,(H,36,39). The molecule has 208 valence electrons. The quantitative estimate of drug-likeness (QED) is 0.196. The number of rotatable bonds is 7. The van der Waals surface area contributed by atoms with Crippen LogP contribution in [0, 0.1) is 5.82 Å². The van der Waals surface area contributed by atoms with E-state index in [9.17, 15) is 14.0 Å². The first-order valence-electron chi connectivity index (χ1n) is 12.6. The van der Waals surface area contributed by atoms with Crippen molar-refractivity contribution in [2.45, 2.75) is 0 Å². The number of nitrogens with one attached hydrogen (secondary N) is 1. The van der Waals surface area contributed by atoms with Crippen molar-refractivity contribution in [1.82, 2.24) is 9.66 Å². The summed E-state index contributed by atoms with van der Waals surface area (Å²) in [5.41, 5.74) is 1.44. The van der Waals surface area contributed by atoms with Crippen LogP contribution in [0.25, 0.3) is 33.5 Å². The fourth-order valence-electron chi connectivity index (χ4n) is 4.26. The Bertz CT molecular complexity index is 2060. The Kier molecular flexibility index (Phi) is 7.43.